The Hall–Kier alpha value is -2.17. The highest BCUT2D eigenvalue weighted by Crippen LogP contribution is 2.18. The molecule has 2 atom stereocenters. The molecule has 1 aliphatic rings. The minimum Gasteiger partial charge on any atom is -0.481 e. The summed E-state index contributed by atoms with van der Waals surface area (Å²) in [4.78, 5) is 26.7. The lowest BCUT2D eigenvalue weighted by Crippen LogP contribution is -2.33. The zero-order valence-corrected chi connectivity index (χ0v) is 9.96. The average molecular weight is 246 g/mol. The number of carboxylic acid groups (broad SMARTS) is 1. The summed E-state index contributed by atoms with van der Waals surface area (Å²) in [6, 6.07) is 3.24. The second-order valence-electron chi connectivity index (χ2n) is 4.33. The van der Waals surface area contributed by atoms with Gasteiger partial charge in [-0.3, -0.25) is 14.6 Å². The molecule has 0 saturated carbocycles. The first-order valence-corrected chi connectivity index (χ1v) is 5.71. The van der Waals surface area contributed by atoms with Crippen molar-refractivity contribution in [2.75, 3.05) is 0 Å². The van der Waals surface area contributed by atoms with Crippen molar-refractivity contribution in [2.24, 2.45) is 5.92 Å². The fraction of sp³-hybridized carbons (Fsp3) is 0.308. The molecule has 0 aliphatic heterocycles. The van der Waals surface area contributed by atoms with E-state index in [9.17, 15) is 9.59 Å². The van der Waals surface area contributed by atoms with E-state index in [1.54, 1.807) is 24.3 Å². The second-order valence-corrected chi connectivity index (χ2v) is 4.33. The van der Waals surface area contributed by atoms with E-state index in [2.05, 4.69) is 10.3 Å². The lowest BCUT2D eigenvalue weighted by molar-refractivity contribution is -0.140. The van der Waals surface area contributed by atoms with Gasteiger partial charge in [0.15, 0.2) is 0 Å². The second kappa shape index (κ2) is 5.00. The Bertz CT molecular complexity index is 493. The first-order chi connectivity index (χ1) is 8.56. The Labute approximate surface area is 105 Å². The molecule has 18 heavy (non-hydrogen) atoms. The van der Waals surface area contributed by atoms with Crippen molar-refractivity contribution >= 4 is 11.9 Å². The SMILES string of the molecule is Cc1ccc(C(=O)NC2C=CC(C(=O)O)C2)cn1. The third-order valence-corrected chi connectivity index (χ3v) is 2.89. The Balaban J connectivity index is 1.95. The summed E-state index contributed by atoms with van der Waals surface area (Å²) >= 11 is 0. The quantitative estimate of drug-likeness (QED) is 0.784. The van der Waals surface area contributed by atoms with Crippen LogP contribution in [0.2, 0.25) is 0 Å². The van der Waals surface area contributed by atoms with E-state index < -0.39 is 11.9 Å². The molecule has 5 heteroatoms. The predicted octanol–water partition coefficient (Wildman–Crippen LogP) is 1.15. The smallest absolute Gasteiger partial charge is 0.310 e. The fourth-order valence-corrected chi connectivity index (χ4v) is 1.84. The lowest BCUT2D eigenvalue weighted by atomic mass is 10.1. The van der Waals surface area contributed by atoms with Crippen LogP contribution in [0.3, 0.4) is 0 Å². The predicted molar refractivity (Wildman–Crippen MR) is 65.1 cm³/mol. The van der Waals surface area contributed by atoms with E-state index in [1.165, 1.54) is 6.20 Å². The molecule has 0 saturated heterocycles. The molecule has 1 heterocycles. The van der Waals surface area contributed by atoms with Crippen LogP contribution < -0.4 is 5.32 Å². The summed E-state index contributed by atoms with van der Waals surface area (Å²) in [7, 11) is 0. The molecule has 0 aromatic carbocycles. The molecular formula is C13H14N2O3. The molecule has 2 unspecified atom stereocenters. The van der Waals surface area contributed by atoms with Crippen LogP contribution in [0.4, 0.5) is 0 Å². The molecule has 1 amide bonds. The standard InChI is InChI=1S/C13H14N2O3/c1-8-2-3-10(7-14-8)12(16)15-11-5-4-9(6-11)13(17)18/h2-5,7,9,11H,6H2,1H3,(H,15,16)(H,17,18). The Morgan fingerprint density at radius 3 is 2.72 bits per heavy atom. The van der Waals surface area contributed by atoms with Crippen LogP contribution in [-0.4, -0.2) is 28.0 Å². The number of pyridine rings is 1. The largest absolute Gasteiger partial charge is 0.481 e. The van der Waals surface area contributed by atoms with E-state index >= 15 is 0 Å². The summed E-state index contributed by atoms with van der Waals surface area (Å²) in [6.07, 6.45) is 5.25. The number of rotatable bonds is 3. The number of carbonyl (C=O) groups excluding carboxylic acids is 1. The number of aryl methyl sites for hydroxylation is 1. The number of hydrogen-bond donors (Lipinski definition) is 2. The molecule has 0 radical (unpaired) electrons. The van der Waals surface area contributed by atoms with Gasteiger partial charge in [0.05, 0.1) is 11.5 Å². The number of carboxylic acids is 1. The monoisotopic (exact) mass is 246 g/mol. The molecule has 1 aromatic rings. The van der Waals surface area contributed by atoms with Crippen molar-refractivity contribution in [3.05, 3.63) is 41.7 Å². The minimum atomic E-state index is -0.861. The molecular weight excluding hydrogens is 232 g/mol. The summed E-state index contributed by atoms with van der Waals surface area (Å²) in [5.74, 6) is -1.60. The van der Waals surface area contributed by atoms with E-state index in [0.29, 0.717) is 12.0 Å². The van der Waals surface area contributed by atoms with Gasteiger partial charge in [-0.2, -0.15) is 0 Å². The molecule has 5 nitrogen and oxygen atoms in total. The van der Waals surface area contributed by atoms with Gasteiger partial charge < -0.3 is 10.4 Å². The van der Waals surface area contributed by atoms with Gasteiger partial charge in [-0.15, -0.1) is 0 Å². The minimum absolute atomic E-state index is 0.222. The van der Waals surface area contributed by atoms with Crippen LogP contribution in [0, 0.1) is 12.8 Å². The van der Waals surface area contributed by atoms with Gasteiger partial charge >= 0.3 is 5.97 Å². The molecule has 0 bridgehead atoms. The maximum atomic E-state index is 11.9. The Morgan fingerprint density at radius 2 is 2.17 bits per heavy atom. The van der Waals surface area contributed by atoms with Gasteiger partial charge in [-0.1, -0.05) is 12.2 Å². The summed E-state index contributed by atoms with van der Waals surface area (Å²) in [5.41, 5.74) is 1.33. The summed E-state index contributed by atoms with van der Waals surface area (Å²) in [6.45, 7) is 1.85. The van der Waals surface area contributed by atoms with Crippen molar-refractivity contribution in [3.63, 3.8) is 0 Å². The molecule has 0 fully saturated rings. The number of nitrogens with one attached hydrogen (secondary N) is 1. The van der Waals surface area contributed by atoms with Crippen LogP contribution in [0.5, 0.6) is 0 Å². The Morgan fingerprint density at radius 1 is 1.39 bits per heavy atom. The first kappa shape index (κ1) is 12.3. The van der Waals surface area contributed by atoms with E-state index in [0.717, 1.165) is 5.69 Å². The van der Waals surface area contributed by atoms with Crippen molar-refractivity contribution in [2.45, 2.75) is 19.4 Å². The fourth-order valence-electron chi connectivity index (χ4n) is 1.84. The van der Waals surface area contributed by atoms with Crippen LogP contribution in [0.1, 0.15) is 22.5 Å². The van der Waals surface area contributed by atoms with E-state index in [-0.39, 0.29) is 11.9 Å². The Kier molecular flexibility index (Phi) is 3.41. The topological polar surface area (TPSA) is 79.3 Å². The number of amides is 1. The number of nitrogens with zero attached hydrogens (tertiary/aromatic N) is 1. The molecule has 0 spiro atoms. The summed E-state index contributed by atoms with van der Waals surface area (Å²) < 4.78 is 0. The number of aliphatic carboxylic acids is 1. The van der Waals surface area contributed by atoms with Crippen molar-refractivity contribution in [1.82, 2.24) is 10.3 Å². The van der Waals surface area contributed by atoms with Crippen molar-refractivity contribution in [1.29, 1.82) is 0 Å². The molecule has 2 N–H and O–H groups in total. The molecule has 2 rings (SSSR count). The third-order valence-electron chi connectivity index (χ3n) is 2.89. The average Bonchev–Trinajstić information content (AvgIpc) is 2.78. The normalized spacial score (nSPS) is 21.8. The van der Waals surface area contributed by atoms with Crippen LogP contribution in [-0.2, 0) is 4.79 Å². The zero-order valence-electron chi connectivity index (χ0n) is 9.96. The van der Waals surface area contributed by atoms with Gasteiger partial charge in [-0.25, -0.2) is 0 Å². The van der Waals surface area contributed by atoms with Crippen molar-refractivity contribution in [3.8, 4) is 0 Å². The lowest BCUT2D eigenvalue weighted by Gasteiger charge is -2.11. The highest BCUT2D eigenvalue weighted by atomic mass is 16.4. The maximum absolute atomic E-state index is 11.9. The maximum Gasteiger partial charge on any atom is 0.310 e. The van der Waals surface area contributed by atoms with Crippen molar-refractivity contribution < 1.29 is 14.7 Å². The molecule has 94 valence electrons. The highest BCUT2D eigenvalue weighted by Gasteiger charge is 2.25. The molecule has 1 aromatic heterocycles. The van der Waals surface area contributed by atoms with E-state index in [1.807, 2.05) is 6.92 Å². The number of aromatic nitrogens is 1. The van der Waals surface area contributed by atoms with Gasteiger partial charge in [-0.05, 0) is 25.5 Å². The van der Waals surface area contributed by atoms with Crippen LogP contribution in [0.15, 0.2) is 30.5 Å². The zero-order chi connectivity index (χ0) is 13.1. The first-order valence-electron chi connectivity index (χ1n) is 5.71. The van der Waals surface area contributed by atoms with E-state index in [4.69, 9.17) is 5.11 Å². The third kappa shape index (κ3) is 2.74. The van der Waals surface area contributed by atoms with Gasteiger partial charge in [0.25, 0.3) is 5.91 Å². The van der Waals surface area contributed by atoms with Gasteiger partial charge in [0.1, 0.15) is 0 Å². The van der Waals surface area contributed by atoms with Gasteiger partial charge in [0, 0.05) is 17.9 Å². The van der Waals surface area contributed by atoms with Gasteiger partial charge in [0.2, 0.25) is 0 Å². The van der Waals surface area contributed by atoms with Crippen LogP contribution in [0.25, 0.3) is 0 Å². The highest BCUT2D eigenvalue weighted by molar-refractivity contribution is 5.94. The number of carbonyl (C=O) groups is 2. The molecule has 1 aliphatic carbocycles. The van der Waals surface area contributed by atoms with Crippen LogP contribution >= 0.6 is 0 Å². The summed E-state index contributed by atoms with van der Waals surface area (Å²) in [5, 5.41) is 11.6. The number of hydrogen-bond acceptors (Lipinski definition) is 3.